The summed E-state index contributed by atoms with van der Waals surface area (Å²) in [5.41, 5.74) is 1.28. The van der Waals surface area contributed by atoms with Gasteiger partial charge in [0.2, 0.25) is 0 Å². The highest BCUT2D eigenvalue weighted by Gasteiger charge is 2.13. The molecule has 0 saturated heterocycles. The molecule has 0 spiro atoms. The molecule has 0 unspecified atom stereocenters. The normalized spacial score (nSPS) is 10.8. The number of hydrogen-bond acceptors (Lipinski definition) is 4. The molecule has 0 amide bonds. The number of carboxylic acid groups (broad SMARTS) is 1. The number of nitriles is 2. The second kappa shape index (κ2) is 7.26. The molecule has 2 rings (SSSR count). The fraction of sp³-hybridized carbons (Fsp3) is 0.125. The van der Waals surface area contributed by atoms with Crippen LogP contribution in [0.2, 0.25) is 5.02 Å². The third-order valence-electron chi connectivity index (χ3n) is 2.99. The van der Waals surface area contributed by atoms with E-state index in [4.69, 9.17) is 27.2 Å². The Morgan fingerprint density at radius 1 is 1.43 bits per heavy atom. The number of rotatable bonds is 5. The molecule has 6 nitrogen and oxygen atoms in total. The molecule has 1 aromatic carbocycles. The molecule has 1 heterocycles. The molecule has 1 aromatic heterocycles. The second-order valence-corrected chi connectivity index (χ2v) is 5.03. The summed E-state index contributed by atoms with van der Waals surface area (Å²) in [6.07, 6.45) is 3.13. The van der Waals surface area contributed by atoms with Crippen LogP contribution in [0.1, 0.15) is 12.0 Å². The number of benzene rings is 1. The molecule has 0 saturated carbocycles. The number of aryl methyl sites for hydroxylation is 1. The Bertz CT molecular complexity index is 856. The predicted octanol–water partition coefficient (Wildman–Crippen LogP) is 3.11. The Morgan fingerprint density at radius 2 is 2.22 bits per heavy atom. The molecule has 0 radical (unpaired) electrons. The zero-order valence-corrected chi connectivity index (χ0v) is 12.7. The molecule has 0 aliphatic rings. The van der Waals surface area contributed by atoms with Crippen LogP contribution in [0.15, 0.2) is 36.0 Å². The fourth-order valence-corrected chi connectivity index (χ4v) is 2.17. The van der Waals surface area contributed by atoms with Gasteiger partial charge >= 0.3 is 5.97 Å². The standard InChI is InChI=1S/C16H11ClN4O2/c17-14-4-1-3-11(8-14)15-13(7-12(9-19)16(22)23)10-21(20-15)6-2-5-18/h1,3-4,7-8,10H,2,6H2,(H,22,23). The average Bonchev–Trinajstić information content (AvgIpc) is 2.93. The second-order valence-electron chi connectivity index (χ2n) is 4.59. The van der Waals surface area contributed by atoms with Crippen LogP contribution in [0.25, 0.3) is 17.3 Å². The summed E-state index contributed by atoms with van der Waals surface area (Å²) in [5, 5.41) is 31.5. The van der Waals surface area contributed by atoms with Gasteiger partial charge < -0.3 is 5.11 Å². The molecule has 0 aliphatic heterocycles. The van der Waals surface area contributed by atoms with Crippen LogP contribution in [0.5, 0.6) is 0 Å². The molecule has 0 atom stereocenters. The van der Waals surface area contributed by atoms with Gasteiger partial charge in [0.1, 0.15) is 11.6 Å². The van der Waals surface area contributed by atoms with Crippen molar-refractivity contribution in [1.82, 2.24) is 9.78 Å². The lowest BCUT2D eigenvalue weighted by Crippen LogP contribution is -1.97. The highest BCUT2D eigenvalue weighted by molar-refractivity contribution is 6.30. The van der Waals surface area contributed by atoms with Crippen molar-refractivity contribution in [3.05, 3.63) is 46.6 Å². The number of aromatic nitrogens is 2. The molecule has 0 bridgehead atoms. The smallest absolute Gasteiger partial charge is 0.346 e. The van der Waals surface area contributed by atoms with Crippen LogP contribution in [-0.4, -0.2) is 20.9 Å². The summed E-state index contributed by atoms with van der Waals surface area (Å²) >= 11 is 5.98. The van der Waals surface area contributed by atoms with Crippen molar-refractivity contribution < 1.29 is 9.90 Å². The number of carbonyl (C=O) groups is 1. The van der Waals surface area contributed by atoms with Crippen molar-refractivity contribution in [3.63, 3.8) is 0 Å². The van der Waals surface area contributed by atoms with E-state index < -0.39 is 11.5 Å². The van der Waals surface area contributed by atoms with Gasteiger partial charge in [-0.25, -0.2) is 4.79 Å². The summed E-state index contributed by atoms with van der Waals surface area (Å²) in [6, 6.07) is 10.6. The summed E-state index contributed by atoms with van der Waals surface area (Å²) in [5.74, 6) is -1.31. The molecule has 1 N–H and O–H groups in total. The third kappa shape index (κ3) is 3.97. The Morgan fingerprint density at radius 3 is 2.83 bits per heavy atom. The number of nitrogens with zero attached hydrogens (tertiary/aromatic N) is 4. The van der Waals surface area contributed by atoms with Gasteiger partial charge in [0.05, 0.1) is 24.7 Å². The quantitative estimate of drug-likeness (QED) is 0.671. The van der Waals surface area contributed by atoms with Crippen LogP contribution in [-0.2, 0) is 11.3 Å². The van der Waals surface area contributed by atoms with Gasteiger partial charge in [-0.05, 0) is 18.2 Å². The van der Waals surface area contributed by atoms with E-state index in [-0.39, 0.29) is 6.42 Å². The average molecular weight is 327 g/mol. The first-order valence-electron chi connectivity index (χ1n) is 6.60. The lowest BCUT2D eigenvalue weighted by molar-refractivity contribution is -0.132. The van der Waals surface area contributed by atoms with Gasteiger partial charge in [-0.2, -0.15) is 15.6 Å². The minimum atomic E-state index is -1.31. The molecule has 7 heteroatoms. The van der Waals surface area contributed by atoms with Gasteiger partial charge in [0, 0.05) is 22.3 Å². The number of carboxylic acids is 1. The monoisotopic (exact) mass is 326 g/mol. The van der Waals surface area contributed by atoms with E-state index in [9.17, 15) is 4.79 Å². The maximum Gasteiger partial charge on any atom is 0.346 e. The maximum absolute atomic E-state index is 11.0. The van der Waals surface area contributed by atoms with E-state index in [1.807, 2.05) is 6.07 Å². The van der Waals surface area contributed by atoms with Crippen molar-refractivity contribution >= 4 is 23.6 Å². The Balaban J connectivity index is 2.56. The summed E-state index contributed by atoms with van der Waals surface area (Å²) < 4.78 is 1.54. The summed E-state index contributed by atoms with van der Waals surface area (Å²) in [4.78, 5) is 11.0. The minimum Gasteiger partial charge on any atom is -0.477 e. The number of halogens is 1. The molecule has 23 heavy (non-hydrogen) atoms. The number of aliphatic carboxylic acids is 1. The first-order valence-corrected chi connectivity index (χ1v) is 6.98. The van der Waals surface area contributed by atoms with E-state index in [1.54, 1.807) is 41.2 Å². The first kappa shape index (κ1) is 16.3. The topological polar surface area (TPSA) is 103 Å². The first-order chi connectivity index (χ1) is 11.0. The van der Waals surface area contributed by atoms with E-state index in [0.29, 0.717) is 28.4 Å². The van der Waals surface area contributed by atoms with E-state index >= 15 is 0 Å². The lowest BCUT2D eigenvalue weighted by atomic mass is 10.1. The van der Waals surface area contributed by atoms with Crippen LogP contribution in [0, 0.1) is 22.7 Å². The highest BCUT2D eigenvalue weighted by atomic mass is 35.5. The van der Waals surface area contributed by atoms with Crippen LogP contribution < -0.4 is 0 Å². The van der Waals surface area contributed by atoms with Crippen molar-refractivity contribution in [2.45, 2.75) is 13.0 Å². The van der Waals surface area contributed by atoms with Crippen molar-refractivity contribution in [2.75, 3.05) is 0 Å². The van der Waals surface area contributed by atoms with Gasteiger partial charge in [0.25, 0.3) is 0 Å². The Labute approximate surface area is 137 Å². The van der Waals surface area contributed by atoms with Gasteiger partial charge in [-0.3, -0.25) is 4.68 Å². The molecule has 0 aliphatic carbocycles. The molecule has 0 fully saturated rings. The van der Waals surface area contributed by atoms with E-state index in [0.717, 1.165) is 0 Å². The van der Waals surface area contributed by atoms with Crippen molar-refractivity contribution in [1.29, 1.82) is 10.5 Å². The third-order valence-corrected chi connectivity index (χ3v) is 3.23. The Hall–Kier alpha value is -3.09. The SMILES string of the molecule is N#CCCn1cc(C=C(C#N)C(=O)O)c(-c2cccc(Cl)c2)n1. The zero-order chi connectivity index (χ0) is 16.8. The Kier molecular flexibility index (Phi) is 5.14. The number of hydrogen-bond donors (Lipinski definition) is 1. The van der Waals surface area contributed by atoms with E-state index in [1.165, 1.54) is 6.08 Å². The fourth-order valence-electron chi connectivity index (χ4n) is 1.98. The van der Waals surface area contributed by atoms with Crippen LogP contribution in [0.4, 0.5) is 0 Å². The maximum atomic E-state index is 11.0. The molecule has 114 valence electrons. The van der Waals surface area contributed by atoms with Crippen molar-refractivity contribution in [3.8, 4) is 23.4 Å². The minimum absolute atomic E-state index is 0.268. The largest absolute Gasteiger partial charge is 0.477 e. The summed E-state index contributed by atoms with van der Waals surface area (Å²) in [6.45, 7) is 0.368. The lowest BCUT2D eigenvalue weighted by Gasteiger charge is -2.00. The molecular formula is C16H11ClN4O2. The zero-order valence-electron chi connectivity index (χ0n) is 11.9. The molecular weight excluding hydrogens is 316 g/mol. The van der Waals surface area contributed by atoms with Gasteiger partial charge in [-0.1, -0.05) is 23.7 Å². The highest BCUT2D eigenvalue weighted by Crippen LogP contribution is 2.26. The molecule has 2 aromatic rings. The van der Waals surface area contributed by atoms with Gasteiger partial charge in [-0.15, -0.1) is 0 Å². The van der Waals surface area contributed by atoms with Crippen LogP contribution >= 0.6 is 11.6 Å². The predicted molar refractivity (Wildman–Crippen MR) is 84.1 cm³/mol. The van der Waals surface area contributed by atoms with Crippen molar-refractivity contribution in [2.24, 2.45) is 0 Å². The van der Waals surface area contributed by atoms with Crippen LogP contribution in [0.3, 0.4) is 0 Å². The van der Waals surface area contributed by atoms with E-state index in [2.05, 4.69) is 5.10 Å². The van der Waals surface area contributed by atoms with Gasteiger partial charge in [0.15, 0.2) is 0 Å². The summed E-state index contributed by atoms with van der Waals surface area (Å²) in [7, 11) is 0.